The van der Waals surface area contributed by atoms with Gasteiger partial charge in [0.15, 0.2) is 15.5 Å². The lowest BCUT2D eigenvalue weighted by molar-refractivity contribution is 0.560. The number of nitrogens with zero attached hydrogens (tertiary/aromatic N) is 1. The molecule has 0 aliphatic rings. The highest BCUT2D eigenvalue weighted by Crippen LogP contribution is 2.27. The maximum atomic E-state index is 12.0. The summed E-state index contributed by atoms with van der Waals surface area (Å²) in [7, 11) is -3.35. The van der Waals surface area contributed by atoms with E-state index in [0.717, 1.165) is 0 Å². The Hall–Kier alpha value is -1.34. The van der Waals surface area contributed by atoms with Crippen molar-refractivity contribution in [1.29, 1.82) is 0 Å². The number of benzene rings is 1. The van der Waals surface area contributed by atoms with Gasteiger partial charge in [-0.25, -0.2) is 13.3 Å². The minimum atomic E-state index is -3.35. The van der Waals surface area contributed by atoms with E-state index in [-0.39, 0.29) is 4.90 Å². The summed E-state index contributed by atoms with van der Waals surface area (Å²) in [5, 5.41) is 0. The fourth-order valence-corrected chi connectivity index (χ4v) is 2.31. The van der Waals surface area contributed by atoms with Gasteiger partial charge in [0.1, 0.15) is 0 Å². The third kappa shape index (κ3) is 2.18. The second-order valence-electron chi connectivity index (χ2n) is 4.22. The molecule has 1 rings (SSSR count). The SMILES string of the molecule is [C-]#[N+]c1cccc(S(=O)(=O)C(C)(C)C)c1. The van der Waals surface area contributed by atoms with Gasteiger partial charge >= 0.3 is 0 Å². The molecule has 80 valence electrons. The van der Waals surface area contributed by atoms with E-state index in [1.54, 1.807) is 32.9 Å². The van der Waals surface area contributed by atoms with Gasteiger partial charge in [-0.1, -0.05) is 12.1 Å². The smallest absolute Gasteiger partial charge is 0.188 e. The molecule has 0 heterocycles. The first-order chi connectivity index (χ1) is 6.79. The lowest BCUT2D eigenvalue weighted by atomic mass is 10.3. The van der Waals surface area contributed by atoms with Crippen LogP contribution in [0.2, 0.25) is 0 Å². The first kappa shape index (κ1) is 11.7. The molecule has 0 bridgehead atoms. The summed E-state index contributed by atoms with van der Waals surface area (Å²) in [5.41, 5.74) is 0.348. The van der Waals surface area contributed by atoms with Gasteiger partial charge in [-0.05, 0) is 32.9 Å². The van der Waals surface area contributed by atoms with Crippen LogP contribution in [0.4, 0.5) is 5.69 Å². The van der Waals surface area contributed by atoms with Gasteiger partial charge in [0.05, 0.1) is 16.2 Å². The molecule has 0 unspecified atom stereocenters. The largest absolute Gasteiger partial charge is 0.238 e. The Morgan fingerprint density at radius 2 is 1.87 bits per heavy atom. The Morgan fingerprint density at radius 1 is 1.27 bits per heavy atom. The number of sulfone groups is 1. The zero-order valence-electron chi connectivity index (χ0n) is 8.98. The minimum absolute atomic E-state index is 0.212. The van der Waals surface area contributed by atoms with Gasteiger partial charge in [-0.2, -0.15) is 0 Å². The zero-order chi connectivity index (χ0) is 11.7. The van der Waals surface area contributed by atoms with E-state index in [9.17, 15) is 8.42 Å². The monoisotopic (exact) mass is 223 g/mol. The average molecular weight is 223 g/mol. The molecule has 0 aromatic heterocycles. The molecular weight excluding hydrogens is 210 g/mol. The van der Waals surface area contributed by atoms with E-state index in [1.807, 2.05) is 0 Å². The van der Waals surface area contributed by atoms with Crippen LogP contribution in [0.15, 0.2) is 29.2 Å². The summed E-state index contributed by atoms with van der Waals surface area (Å²) in [5.74, 6) is 0. The van der Waals surface area contributed by atoms with Gasteiger partial charge < -0.3 is 0 Å². The van der Waals surface area contributed by atoms with Gasteiger partial charge in [-0.15, -0.1) is 0 Å². The van der Waals surface area contributed by atoms with Gasteiger partial charge in [0.25, 0.3) is 0 Å². The highest BCUT2D eigenvalue weighted by molar-refractivity contribution is 7.92. The van der Waals surface area contributed by atoms with Crippen LogP contribution in [0, 0.1) is 6.57 Å². The van der Waals surface area contributed by atoms with Crippen molar-refractivity contribution >= 4 is 15.5 Å². The fraction of sp³-hybridized carbons (Fsp3) is 0.364. The van der Waals surface area contributed by atoms with E-state index in [2.05, 4.69) is 4.85 Å². The van der Waals surface area contributed by atoms with Crippen LogP contribution in [-0.2, 0) is 9.84 Å². The Balaban J connectivity index is 3.37. The quantitative estimate of drug-likeness (QED) is 0.687. The lowest BCUT2D eigenvalue weighted by Crippen LogP contribution is -2.27. The molecule has 1 aromatic carbocycles. The predicted octanol–water partition coefficient (Wildman–Crippen LogP) is 2.81. The number of rotatable bonds is 1. The van der Waals surface area contributed by atoms with Crippen LogP contribution >= 0.6 is 0 Å². The fourth-order valence-electron chi connectivity index (χ4n) is 1.07. The van der Waals surface area contributed by atoms with Crippen molar-refractivity contribution in [3.63, 3.8) is 0 Å². The summed E-state index contributed by atoms with van der Waals surface area (Å²) >= 11 is 0. The molecule has 4 heteroatoms. The van der Waals surface area contributed by atoms with E-state index >= 15 is 0 Å². The highest BCUT2D eigenvalue weighted by atomic mass is 32.2. The normalized spacial score (nSPS) is 12.1. The molecule has 0 saturated carbocycles. The van der Waals surface area contributed by atoms with Crippen LogP contribution in [-0.4, -0.2) is 13.2 Å². The van der Waals surface area contributed by atoms with Crippen LogP contribution in [0.5, 0.6) is 0 Å². The number of hydrogen-bond acceptors (Lipinski definition) is 2. The van der Waals surface area contributed by atoms with Crippen molar-refractivity contribution in [2.45, 2.75) is 30.4 Å². The first-order valence-corrected chi connectivity index (χ1v) is 5.99. The Labute approximate surface area is 90.5 Å². The Bertz CT molecular complexity index is 504. The molecular formula is C11H13NO2S. The molecule has 0 aliphatic heterocycles. The van der Waals surface area contributed by atoms with E-state index in [1.165, 1.54) is 12.1 Å². The molecule has 0 spiro atoms. The van der Waals surface area contributed by atoms with Gasteiger partial charge in [-0.3, -0.25) is 0 Å². The molecule has 0 amide bonds. The van der Waals surface area contributed by atoms with Crippen LogP contribution < -0.4 is 0 Å². The van der Waals surface area contributed by atoms with Crippen molar-refractivity contribution in [1.82, 2.24) is 0 Å². The van der Waals surface area contributed by atoms with Gasteiger partial charge in [0, 0.05) is 0 Å². The predicted molar refractivity (Wildman–Crippen MR) is 59.6 cm³/mol. The first-order valence-electron chi connectivity index (χ1n) is 4.51. The minimum Gasteiger partial charge on any atom is -0.238 e. The maximum absolute atomic E-state index is 12.0. The van der Waals surface area contributed by atoms with E-state index in [4.69, 9.17) is 6.57 Å². The van der Waals surface area contributed by atoms with Crippen LogP contribution in [0.25, 0.3) is 4.85 Å². The third-order valence-electron chi connectivity index (χ3n) is 2.06. The van der Waals surface area contributed by atoms with Crippen molar-refractivity contribution < 1.29 is 8.42 Å². The molecule has 0 radical (unpaired) electrons. The second-order valence-corrected chi connectivity index (χ2v) is 6.93. The maximum Gasteiger partial charge on any atom is 0.188 e. The Morgan fingerprint density at radius 3 is 2.33 bits per heavy atom. The summed E-state index contributed by atoms with van der Waals surface area (Å²) in [6.07, 6.45) is 0. The summed E-state index contributed by atoms with van der Waals surface area (Å²) in [6.45, 7) is 11.8. The van der Waals surface area contributed by atoms with Crippen molar-refractivity contribution in [2.75, 3.05) is 0 Å². The molecule has 0 aliphatic carbocycles. The van der Waals surface area contributed by atoms with Crippen molar-refractivity contribution in [3.05, 3.63) is 35.7 Å². The summed E-state index contributed by atoms with van der Waals surface area (Å²) in [4.78, 5) is 3.42. The van der Waals surface area contributed by atoms with Gasteiger partial charge in [0.2, 0.25) is 0 Å². The topological polar surface area (TPSA) is 38.5 Å². The zero-order valence-corrected chi connectivity index (χ0v) is 9.80. The summed E-state index contributed by atoms with van der Waals surface area (Å²) < 4.78 is 23.2. The second kappa shape index (κ2) is 3.67. The Kier molecular flexibility index (Phi) is 2.87. The molecule has 0 N–H and O–H groups in total. The van der Waals surface area contributed by atoms with Crippen molar-refractivity contribution in [2.24, 2.45) is 0 Å². The molecule has 15 heavy (non-hydrogen) atoms. The van der Waals surface area contributed by atoms with Crippen molar-refractivity contribution in [3.8, 4) is 0 Å². The third-order valence-corrected chi connectivity index (χ3v) is 4.55. The van der Waals surface area contributed by atoms with E-state index in [0.29, 0.717) is 5.69 Å². The van der Waals surface area contributed by atoms with Crippen LogP contribution in [0.3, 0.4) is 0 Å². The highest BCUT2D eigenvalue weighted by Gasteiger charge is 2.30. The van der Waals surface area contributed by atoms with Crippen LogP contribution in [0.1, 0.15) is 20.8 Å². The molecule has 0 atom stereocenters. The lowest BCUT2D eigenvalue weighted by Gasteiger charge is -2.19. The summed E-state index contributed by atoms with van der Waals surface area (Å²) in [6, 6.07) is 6.11. The number of hydrogen-bond donors (Lipinski definition) is 0. The standard InChI is InChI=1S/C11H13NO2S/c1-11(2,3)15(13,14)10-7-5-6-9(8-10)12-4/h5-8H,1-3H3. The molecule has 1 aromatic rings. The average Bonchev–Trinajstić information content (AvgIpc) is 2.16. The van der Waals surface area contributed by atoms with E-state index < -0.39 is 14.6 Å². The molecule has 3 nitrogen and oxygen atoms in total. The molecule has 0 fully saturated rings. The molecule has 0 saturated heterocycles.